The highest BCUT2D eigenvalue weighted by atomic mass is 32.2. The van der Waals surface area contributed by atoms with Crippen molar-refractivity contribution in [2.45, 2.75) is 9.79 Å². The van der Waals surface area contributed by atoms with Gasteiger partial charge in [0.25, 0.3) is 11.7 Å². The lowest BCUT2D eigenvalue weighted by Gasteiger charge is -2.05. The Morgan fingerprint density at radius 3 is 2.65 bits per heavy atom. The molecule has 0 aliphatic carbocycles. The number of nitrogens with one attached hydrogen (secondary N) is 1. The summed E-state index contributed by atoms with van der Waals surface area (Å²) in [6.45, 7) is 0. The van der Waals surface area contributed by atoms with Gasteiger partial charge < -0.3 is 10.1 Å². The zero-order valence-electron chi connectivity index (χ0n) is 10.7. The van der Waals surface area contributed by atoms with Crippen LogP contribution in [0.25, 0.3) is 0 Å². The van der Waals surface area contributed by atoms with Gasteiger partial charge in [0.15, 0.2) is 0 Å². The van der Waals surface area contributed by atoms with Crippen LogP contribution in [-0.4, -0.2) is 18.8 Å². The topological polar surface area (TPSA) is 55.4 Å². The summed E-state index contributed by atoms with van der Waals surface area (Å²) in [7, 11) is 1.63. The van der Waals surface area contributed by atoms with Crippen LogP contribution in [0.3, 0.4) is 0 Å². The Morgan fingerprint density at radius 1 is 1.05 bits per heavy atom. The second-order valence-electron chi connectivity index (χ2n) is 4.27. The average molecular weight is 285 g/mol. The lowest BCUT2D eigenvalue weighted by molar-refractivity contribution is -0.112. The van der Waals surface area contributed by atoms with Crippen LogP contribution in [0.4, 0.5) is 5.69 Å². The van der Waals surface area contributed by atoms with Gasteiger partial charge in [-0.15, -0.1) is 0 Å². The molecule has 4 nitrogen and oxygen atoms in total. The minimum atomic E-state index is -0.566. The number of benzene rings is 2. The summed E-state index contributed by atoms with van der Waals surface area (Å²) in [5.74, 6) is -0.249. The van der Waals surface area contributed by atoms with Crippen LogP contribution in [0, 0.1) is 0 Å². The zero-order valence-corrected chi connectivity index (χ0v) is 11.5. The van der Waals surface area contributed by atoms with E-state index in [4.69, 9.17) is 4.74 Å². The predicted molar refractivity (Wildman–Crippen MR) is 76.5 cm³/mol. The van der Waals surface area contributed by atoms with Gasteiger partial charge in [-0.2, -0.15) is 0 Å². The molecule has 0 spiro atoms. The number of carbonyl (C=O) groups excluding carboxylic acids is 2. The van der Waals surface area contributed by atoms with Gasteiger partial charge >= 0.3 is 0 Å². The molecule has 3 rings (SSSR count). The van der Waals surface area contributed by atoms with Crippen LogP contribution in [0.15, 0.2) is 52.3 Å². The summed E-state index contributed by atoms with van der Waals surface area (Å²) in [6.07, 6.45) is 0. The van der Waals surface area contributed by atoms with Crippen molar-refractivity contribution in [3.8, 4) is 5.75 Å². The molecule has 1 aliphatic heterocycles. The van der Waals surface area contributed by atoms with E-state index in [1.54, 1.807) is 24.9 Å². The second-order valence-corrected chi connectivity index (χ2v) is 5.42. The minimum Gasteiger partial charge on any atom is -0.497 e. The van der Waals surface area contributed by atoms with Gasteiger partial charge in [0.1, 0.15) is 5.75 Å². The fourth-order valence-electron chi connectivity index (χ4n) is 1.99. The van der Waals surface area contributed by atoms with Crippen molar-refractivity contribution in [2.75, 3.05) is 12.4 Å². The van der Waals surface area contributed by atoms with Crippen LogP contribution in [0.1, 0.15) is 10.4 Å². The number of hydrogen-bond acceptors (Lipinski definition) is 4. The molecule has 100 valence electrons. The van der Waals surface area contributed by atoms with Crippen molar-refractivity contribution in [3.05, 3.63) is 48.0 Å². The minimum absolute atomic E-state index is 0.435. The predicted octanol–water partition coefficient (Wildman–Crippen LogP) is 2.98. The van der Waals surface area contributed by atoms with E-state index in [1.165, 1.54) is 0 Å². The van der Waals surface area contributed by atoms with E-state index >= 15 is 0 Å². The molecule has 0 aromatic heterocycles. The van der Waals surface area contributed by atoms with Gasteiger partial charge in [-0.05, 0) is 36.4 Å². The highest BCUT2D eigenvalue weighted by Gasteiger charge is 2.27. The third-order valence-corrected chi connectivity index (χ3v) is 3.95. The van der Waals surface area contributed by atoms with E-state index in [2.05, 4.69) is 5.32 Å². The van der Waals surface area contributed by atoms with Gasteiger partial charge in [-0.25, -0.2) is 0 Å². The lowest BCUT2D eigenvalue weighted by atomic mass is 10.1. The van der Waals surface area contributed by atoms with Crippen LogP contribution in [0.5, 0.6) is 5.75 Å². The quantitative estimate of drug-likeness (QED) is 0.881. The Morgan fingerprint density at radius 2 is 1.85 bits per heavy atom. The Kier molecular flexibility index (Phi) is 3.20. The maximum absolute atomic E-state index is 11.5. The highest BCUT2D eigenvalue weighted by Crippen LogP contribution is 2.34. The molecule has 2 aromatic carbocycles. The largest absolute Gasteiger partial charge is 0.497 e. The Hall–Kier alpha value is -2.27. The number of ether oxygens (including phenoxy) is 1. The lowest BCUT2D eigenvalue weighted by Crippen LogP contribution is -2.12. The normalized spacial score (nSPS) is 13.1. The monoisotopic (exact) mass is 285 g/mol. The van der Waals surface area contributed by atoms with Crippen LogP contribution < -0.4 is 10.1 Å². The summed E-state index contributed by atoms with van der Waals surface area (Å²) in [5.41, 5.74) is 1.01. The summed E-state index contributed by atoms with van der Waals surface area (Å²) in [6, 6.07) is 13.0. The zero-order chi connectivity index (χ0) is 14.1. The van der Waals surface area contributed by atoms with Crippen molar-refractivity contribution in [1.82, 2.24) is 0 Å². The molecule has 0 atom stereocenters. The summed E-state index contributed by atoms with van der Waals surface area (Å²) >= 11 is 1.54. The van der Waals surface area contributed by atoms with Crippen LogP contribution in [-0.2, 0) is 4.79 Å². The number of carbonyl (C=O) groups is 2. The molecule has 0 saturated carbocycles. The smallest absolute Gasteiger partial charge is 0.296 e. The van der Waals surface area contributed by atoms with E-state index in [0.29, 0.717) is 11.3 Å². The van der Waals surface area contributed by atoms with Crippen molar-refractivity contribution in [1.29, 1.82) is 0 Å². The van der Waals surface area contributed by atoms with Gasteiger partial charge in [0, 0.05) is 9.79 Å². The molecule has 1 heterocycles. The molecule has 0 fully saturated rings. The number of ketones is 1. The number of fused-ring (bicyclic) bond motifs is 1. The van der Waals surface area contributed by atoms with Crippen molar-refractivity contribution in [2.24, 2.45) is 0 Å². The molecule has 0 saturated heterocycles. The molecule has 1 amide bonds. The second kappa shape index (κ2) is 5.02. The first-order valence-electron chi connectivity index (χ1n) is 5.99. The standard InChI is InChI=1S/C15H11NO3S/c1-19-9-3-2-4-10(7-9)20-11-5-6-12-13(8-11)16-15(18)14(12)17/h2-8H,1H3,(H,16,17,18). The number of Topliss-reactive ketones (excluding diaryl/α,β-unsaturated/α-hetero) is 1. The third-order valence-electron chi connectivity index (χ3n) is 2.97. The van der Waals surface area contributed by atoms with Crippen LogP contribution >= 0.6 is 11.8 Å². The van der Waals surface area contributed by atoms with Gasteiger partial charge in [-0.1, -0.05) is 17.8 Å². The molecule has 0 unspecified atom stereocenters. The van der Waals surface area contributed by atoms with Gasteiger partial charge in [0.2, 0.25) is 0 Å². The van der Waals surface area contributed by atoms with E-state index < -0.39 is 11.7 Å². The highest BCUT2D eigenvalue weighted by molar-refractivity contribution is 7.99. The van der Waals surface area contributed by atoms with E-state index in [-0.39, 0.29) is 0 Å². The Bertz CT molecular complexity index is 712. The Balaban J connectivity index is 1.87. The number of hydrogen-bond donors (Lipinski definition) is 1. The fraction of sp³-hybridized carbons (Fsp3) is 0.0667. The van der Waals surface area contributed by atoms with Gasteiger partial charge in [0.05, 0.1) is 18.4 Å². The van der Waals surface area contributed by atoms with E-state index in [9.17, 15) is 9.59 Å². The SMILES string of the molecule is COc1cccc(Sc2ccc3c(c2)NC(=O)C3=O)c1. The summed E-state index contributed by atoms with van der Waals surface area (Å²) in [5, 5.41) is 2.57. The number of rotatable bonds is 3. The van der Waals surface area contributed by atoms with Crippen LogP contribution in [0.2, 0.25) is 0 Å². The molecule has 1 aliphatic rings. The van der Waals surface area contributed by atoms with Crippen molar-refractivity contribution in [3.63, 3.8) is 0 Å². The van der Waals surface area contributed by atoms with Gasteiger partial charge in [-0.3, -0.25) is 9.59 Å². The average Bonchev–Trinajstić information content (AvgIpc) is 2.74. The first-order chi connectivity index (χ1) is 9.67. The Labute approximate surface area is 120 Å². The molecule has 0 bridgehead atoms. The van der Waals surface area contributed by atoms with Crippen molar-refractivity contribution >= 4 is 29.1 Å². The maximum Gasteiger partial charge on any atom is 0.296 e. The maximum atomic E-state index is 11.5. The molecule has 2 aromatic rings. The number of amides is 1. The third kappa shape index (κ3) is 2.28. The van der Waals surface area contributed by atoms with E-state index in [1.807, 2.05) is 36.4 Å². The number of anilines is 1. The molecule has 0 radical (unpaired) electrons. The first kappa shape index (κ1) is 12.7. The van der Waals surface area contributed by atoms with E-state index in [0.717, 1.165) is 15.5 Å². The molecular weight excluding hydrogens is 274 g/mol. The summed E-state index contributed by atoms with van der Waals surface area (Å²) in [4.78, 5) is 24.8. The first-order valence-corrected chi connectivity index (χ1v) is 6.80. The molecule has 5 heteroatoms. The molecule has 20 heavy (non-hydrogen) atoms. The molecular formula is C15H11NO3S. The summed E-state index contributed by atoms with van der Waals surface area (Å²) < 4.78 is 5.18. The molecule has 1 N–H and O–H groups in total. The van der Waals surface area contributed by atoms with Crippen molar-refractivity contribution < 1.29 is 14.3 Å². The fourth-order valence-corrected chi connectivity index (χ4v) is 2.90. The number of methoxy groups -OCH3 is 1.